The number of hydrogen-bond acceptors (Lipinski definition) is 5. The number of rotatable bonds is 2. The van der Waals surface area contributed by atoms with Gasteiger partial charge < -0.3 is 10.9 Å². The summed E-state index contributed by atoms with van der Waals surface area (Å²) in [6.07, 6.45) is 3.28. The molecule has 6 nitrogen and oxygen atoms in total. The van der Waals surface area contributed by atoms with Crippen LogP contribution in [0.5, 0.6) is 0 Å². The van der Waals surface area contributed by atoms with Gasteiger partial charge in [-0.25, -0.2) is 15.0 Å². The van der Waals surface area contributed by atoms with Crippen LogP contribution in [0.15, 0.2) is 54.9 Å². The second kappa shape index (κ2) is 5.50. The summed E-state index contributed by atoms with van der Waals surface area (Å²) in [5, 5.41) is 11.1. The third kappa shape index (κ3) is 2.43. The first-order valence-electron chi connectivity index (χ1n) is 7.17. The summed E-state index contributed by atoms with van der Waals surface area (Å²) in [6, 6.07) is 12.7. The number of imidazole rings is 1. The van der Waals surface area contributed by atoms with Gasteiger partial charge in [-0.05, 0) is 42.0 Å². The molecule has 0 unspecified atom stereocenters. The molecule has 3 N–H and O–H groups in total. The Balaban J connectivity index is 1.84. The number of hydrogen-bond donors (Lipinski definition) is 2. The Bertz CT molecular complexity index is 1030. The van der Waals surface area contributed by atoms with Crippen molar-refractivity contribution in [3.63, 3.8) is 0 Å². The summed E-state index contributed by atoms with van der Waals surface area (Å²) >= 11 is 5.91. The molecule has 4 rings (SSSR count). The Hall–Kier alpha value is -3.12. The predicted molar refractivity (Wildman–Crippen MR) is 92.8 cm³/mol. The highest BCUT2D eigenvalue weighted by Crippen LogP contribution is 2.28. The van der Waals surface area contributed by atoms with Crippen molar-refractivity contribution < 1.29 is 5.21 Å². The number of nitrogen functional groups attached to an aromatic ring is 1. The molecule has 2 heterocycles. The van der Waals surface area contributed by atoms with Crippen molar-refractivity contribution in [3.8, 4) is 22.5 Å². The molecule has 0 spiro atoms. The van der Waals surface area contributed by atoms with Crippen molar-refractivity contribution in [2.45, 2.75) is 0 Å². The molecule has 0 aliphatic heterocycles. The van der Waals surface area contributed by atoms with Crippen LogP contribution in [0.4, 0.5) is 5.95 Å². The van der Waals surface area contributed by atoms with Gasteiger partial charge in [-0.1, -0.05) is 17.7 Å². The molecule has 0 saturated heterocycles. The van der Waals surface area contributed by atoms with Crippen LogP contribution >= 0.6 is 11.6 Å². The number of nitrogens with zero attached hydrogens (tertiary/aromatic N) is 4. The number of halogens is 1. The van der Waals surface area contributed by atoms with Crippen LogP contribution in [0.3, 0.4) is 0 Å². The van der Waals surface area contributed by atoms with E-state index in [1.807, 2.05) is 30.3 Å². The standard InChI is InChI=1S/C17H12ClN5O/c18-13-4-1-10(2-5-13)16-22-14-6-3-11(7-15(14)23(16)24)12-8-20-17(19)21-9-12/h1-9,24H,(H2,19,20,21). The van der Waals surface area contributed by atoms with E-state index < -0.39 is 0 Å². The largest absolute Gasteiger partial charge is 0.426 e. The zero-order valence-electron chi connectivity index (χ0n) is 12.4. The molecule has 118 valence electrons. The molecule has 7 heteroatoms. The maximum Gasteiger partial charge on any atom is 0.219 e. The summed E-state index contributed by atoms with van der Waals surface area (Å²) in [5.41, 5.74) is 9.23. The molecule has 2 aromatic carbocycles. The Kier molecular flexibility index (Phi) is 3.32. The summed E-state index contributed by atoms with van der Waals surface area (Å²) in [6.45, 7) is 0. The van der Waals surface area contributed by atoms with Crippen molar-refractivity contribution >= 4 is 28.6 Å². The van der Waals surface area contributed by atoms with Crippen molar-refractivity contribution in [2.75, 3.05) is 5.73 Å². The SMILES string of the molecule is Nc1ncc(-c2ccc3nc(-c4ccc(Cl)cc4)n(O)c3c2)cn1. The second-order valence-corrected chi connectivity index (χ2v) is 5.72. The zero-order valence-corrected chi connectivity index (χ0v) is 13.1. The van der Waals surface area contributed by atoms with Crippen LogP contribution in [0.1, 0.15) is 0 Å². The smallest absolute Gasteiger partial charge is 0.219 e. The van der Waals surface area contributed by atoms with E-state index >= 15 is 0 Å². The fourth-order valence-corrected chi connectivity index (χ4v) is 2.64. The summed E-state index contributed by atoms with van der Waals surface area (Å²) in [5.74, 6) is 0.671. The molecular formula is C17H12ClN5O. The second-order valence-electron chi connectivity index (χ2n) is 5.29. The molecular weight excluding hydrogens is 326 g/mol. The fourth-order valence-electron chi connectivity index (χ4n) is 2.52. The lowest BCUT2D eigenvalue weighted by Crippen LogP contribution is -1.95. The molecule has 4 aromatic rings. The number of anilines is 1. The van der Waals surface area contributed by atoms with Gasteiger partial charge in [0, 0.05) is 28.5 Å². The van der Waals surface area contributed by atoms with Crippen LogP contribution in [-0.2, 0) is 0 Å². The van der Waals surface area contributed by atoms with E-state index in [1.165, 1.54) is 0 Å². The van der Waals surface area contributed by atoms with E-state index in [4.69, 9.17) is 17.3 Å². The minimum absolute atomic E-state index is 0.219. The van der Waals surface area contributed by atoms with Gasteiger partial charge in [0.15, 0.2) is 5.82 Å². The Morgan fingerprint density at radius 1 is 0.917 bits per heavy atom. The summed E-state index contributed by atoms with van der Waals surface area (Å²) in [4.78, 5) is 12.5. The molecule has 0 atom stereocenters. The normalized spacial score (nSPS) is 11.0. The zero-order chi connectivity index (χ0) is 16.7. The molecule has 2 aromatic heterocycles. The van der Waals surface area contributed by atoms with Gasteiger partial charge in [0.2, 0.25) is 5.95 Å². The molecule has 24 heavy (non-hydrogen) atoms. The van der Waals surface area contributed by atoms with Gasteiger partial charge in [-0.2, -0.15) is 4.73 Å². The number of fused-ring (bicyclic) bond motifs is 1. The van der Waals surface area contributed by atoms with E-state index in [1.54, 1.807) is 24.5 Å². The molecule has 0 bridgehead atoms. The lowest BCUT2D eigenvalue weighted by molar-refractivity contribution is 0.203. The van der Waals surface area contributed by atoms with Crippen molar-refractivity contribution in [3.05, 3.63) is 59.9 Å². The van der Waals surface area contributed by atoms with E-state index in [9.17, 15) is 5.21 Å². The van der Waals surface area contributed by atoms with Crippen molar-refractivity contribution in [2.24, 2.45) is 0 Å². The highest BCUT2D eigenvalue weighted by molar-refractivity contribution is 6.30. The summed E-state index contributed by atoms with van der Waals surface area (Å²) in [7, 11) is 0. The van der Waals surface area contributed by atoms with Crippen LogP contribution in [0, 0.1) is 0 Å². The van der Waals surface area contributed by atoms with Crippen LogP contribution in [-0.4, -0.2) is 24.9 Å². The molecule has 0 radical (unpaired) electrons. The Morgan fingerprint density at radius 3 is 2.29 bits per heavy atom. The third-order valence-corrected chi connectivity index (χ3v) is 3.99. The molecule has 0 amide bonds. The van der Waals surface area contributed by atoms with Crippen molar-refractivity contribution in [1.82, 2.24) is 19.7 Å². The first kappa shape index (κ1) is 14.5. The number of benzene rings is 2. The number of aromatic nitrogens is 4. The quantitative estimate of drug-likeness (QED) is 0.545. The maximum absolute atomic E-state index is 10.5. The van der Waals surface area contributed by atoms with Gasteiger partial charge >= 0.3 is 0 Å². The van der Waals surface area contributed by atoms with Gasteiger partial charge in [0.25, 0.3) is 0 Å². The van der Waals surface area contributed by atoms with E-state index in [2.05, 4.69) is 15.0 Å². The monoisotopic (exact) mass is 337 g/mol. The van der Waals surface area contributed by atoms with E-state index in [-0.39, 0.29) is 5.95 Å². The highest BCUT2D eigenvalue weighted by Gasteiger charge is 2.13. The molecule has 0 aliphatic carbocycles. The first-order valence-corrected chi connectivity index (χ1v) is 7.55. The molecule has 0 fully saturated rings. The van der Waals surface area contributed by atoms with Gasteiger partial charge in [0.1, 0.15) is 5.52 Å². The summed E-state index contributed by atoms with van der Waals surface area (Å²) < 4.78 is 1.07. The predicted octanol–water partition coefficient (Wildman–Crippen LogP) is 3.63. The van der Waals surface area contributed by atoms with Gasteiger partial charge in [0.05, 0.1) is 5.52 Å². The van der Waals surface area contributed by atoms with Gasteiger partial charge in [-0.3, -0.25) is 0 Å². The average molecular weight is 338 g/mol. The fraction of sp³-hybridized carbons (Fsp3) is 0. The molecule has 0 saturated carbocycles. The Labute approximate surface area is 142 Å². The van der Waals surface area contributed by atoms with E-state index in [0.717, 1.165) is 21.4 Å². The molecule has 0 aliphatic rings. The maximum atomic E-state index is 10.5. The third-order valence-electron chi connectivity index (χ3n) is 3.74. The minimum atomic E-state index is 0.219. The van der Waals surface area contributed by atoms with Crippen LogP contribution < -0.4 is 5.73 Å². The van der Waals surface area contributed by atoms with E-state index in [0.29, 0.717) is 21.9 Å². The van der Waals surface area contributed by atoms with Crippen LogP contribution in [0.25, 0.3) is 33.5 Å². The highest BCUT2D eigenvalue weighted by atomic mass is 35.5. The van der Waals surface area contributed by atoms with Crippen LogP contribution in [0.2, 0.25) is 5.02 Å². The minimum Gasteiger partial charge on any atom is -0.426 e. The van der Waals surface area contributed by atoms with Crippen molar-refractivity contribution in [1.29, 1.82) is 0 Å². The lowest BCUT2D eigenvalue weighted by atomic mass is 10.1. The Morgan fingerprint density at radius 2 is 1.58 bits per heavy atom. The average Bonchev–Trinajstić information content (AvgIpc) is 2.93. The topological polar surface area (TPSA) is 89.8 Å². The first-order chi connectivity index (χ1) is 11.6. The lowest BCUT2D eigenvalue weighted by Gasteiger charge is -2.03. The number of nitrogens with two attached hydrogens (primary N) is 1. The van der Waals surface area contributed by atoms with Gasteiger partial charge in [-0.15, -0.1) is 0 Å².